The number of β-amino-alcohol motifs (C(OH)–C–C–N with tert-alkyl or cyclic N) is 1. The number of aliphatic hydroxyl groups is 1. The maximum absolute atomic E-state index is 10.4. The Kier molecular flexibility index (Phi) is 7.08. The third-order valence-corrected chi connectivity index (χ3v) is 7.46. The van der Waals surface area contributed by atoms with Gasteiger partial charge >= 0.3 is 0 Å². The fourth-order valence-electron chi connectivity index (χ4n) is 5.17. The summed E-state index contributed by atoms with van der Waals surface area (Å²) in [5.74, 6) is 1.56. The van der Waals surface area contributed by atoms with Crippen LogP contribution >= 0.6 is 0 Å². The summed E-state index contributed by atoms with van der Waals surface area (Å²) in [7, 11) is 0. The van der Waals surface area contributed by atoms with Crippen molar-refractivity contribution in [3.05, 3.63) is 78.0 Å². The first-order valence-electron chi connectivity index (χ1n) is 13.6. The molecule has 2 unspecified atom stereocenters. The van der Waals surface area contributed by atoms with E-state index in [1.54, 1.807) is 4.52 Å². The van der Waals surface area contributed by atoms with E-state index in [9.17, 15) is 5.11 Å². The number of fused-ring (bicyclic) bond motifs is 2. The van der Waals surface area contributed by atoms with Crippen LogP contribution in [-0.4, -0.2) is 55.4 Å². The molecular formula is C30H34N8O. The van der Waals surface area contributed by atoms with Crippen LogP contribution in [0.2, 0.25) is 0 Å². The van der Waals surface area contributed by atoms with Gasteiger partial charge in [-0.2, -0.15) is 19.6 Å². The summed E-state index contributed by atoms with van der Waals surface area (Å²) >= 11 is 0. The summed E-state index contributed by atoms with van der Waals surface area (Å²) < 4.78 is 1.77. The van der Waals surface area contributed by atoms with Crippen molar-refractivity contribution >= 4 is 28.4 Å². The van der Waals surface area contributed by atoms with Gasteiger partial charge in [-0.15, -0.1) is 0 Å². The number of nitrogens with one attached hydrogen (secondary N) is 3. The highest BCUT2D eigenvalue weighted by molar-refractivity contribution is 5.82. The normalized spacial score (nSPS) is 17.6. The second kappa shape index (κ2) is 11.0. The molecule has 39 heavy (non-hydrogen) atoms. The van der Waals surface area contributed by atoms with Crippen LogP contribution in [0, 0.1) is 5.92 Å². The maximum atomic E-state index is 10.4. The fraction of sp³-hybridized carbons (Fsp3) is 0.333. The van der Waals surface area contributed by atoms with Crippen molar-refractivity contribution in [2.24, 2.45) is 5.92 Å². The van der Waals surface area contributed by atoms with Crippen molar-refractivity contribution in [2.45, 2.75) is 38.8 Å². The summed E-state index contributed by atoms with van der Waals surface area (Å²) in [6.07, 6.45) is 2.40. The zero-order valence-electron chi connectivity index (χ0n) is 22.3. The number of anilines is 2. The smallest absolute Gasteiger partial charge is 0.229 e. The average molecular weight is 523 g/mol. The van der Waals surface area contributed by atoms with Crippen LogP contribution in [0.4, 0.5) is 11.9 Å². The number of rotatable bonds is 8. The van der Waals surface area contributed by atoms with Gasteiger partial charge in [-0.3, -0.25) is 0 Å². The van der Waals surface area contributed by atoms with Crippen LogP contribution in [0.3, 0.4) is 0 Å². The van der Waals surface area contributed by atoms with E-state index >= 15 is 0 Å². The van der Waals surface area contributed by atoms with Crippen molar-refractivity contribution in [3.8, 4) is 11.3 Å². The molecule has 2 aromatic carbocycles. The molecule has 5 aromatic rings. The van der Waals surface area contributed by atoms with Crippen molar-refractivity contribution < 1.29 is 5.11 Å². The largest absolute Gasteiger partial charge is 0.391 e. The number of benzene rings is 2. The Labute approximate surface area is 227 Å². The molecule has 0 radical (unpaired) electrons. The van der Waals surface area contributed by atoms with Gasteiger partial charge in [-0.05, 0) is 36.6 Å². The standard InChI is InChI=1S/C30H34N8O/c1-19(2)24-17-34-38-28(24)36-29(32-16-22-13-14-31-18-27(22)39)37-30(38)33-15-21-8-3-5-9-23(21)26-12-11-20-7-4-6-10-25(20)35-26/h3-12,17,19,22,27,31,39H,13-16,18H2,1-2H3,(H2,32,33,36,37). The number of piperidine rings is 1. The molecule has 1 aliphatic rings. The van der Waals surface area contributed by atoms with Crippen LogP contribution in [0.1, 0.15) is 37.3 Å². The molecule has 2 atom stereocenters. The molecule has 0 aliphatic carbocycles. The van der Waals surface area contributed by atoms with Gasteiger partial charge in [0.1, 0.15) is 0 Å². The van der Waals surface area contributed by atoms with E-state index in [1.807, 2.05) is 36.5 Å². The molecule has 6 rings (SSSR count). The number of hydrogen-bond donors (Lipinski definition) is 4. The monoisotopic (exact) mass is 522 g/mol. The molecule has 1 fully saturated rings. The Morgan fingerprint density at radius 3 is 2.72 bits per heavy atom. The zero-order chi connectivity index (χ0) is 26.8. The van der Waals surface area contributed by atoms with Crippen molar-refractivity contribution in [1.82, 2.24) is 29.9 Å². The molecule has 0 bridgehead atoms. The molecule has 4 heterocycles. The van der Waals surface area contributed by atoms with E-state index in [0.29, 0.717) is 31.5 Å². The first kappa shape index (κ1) is 25.2. The second-order valence-corrected chi connectivity index (χ2v) is 10.5. The summed E-state index contributed by atoms with van der Waals surface area (Å²) in [5.41, 5.74) is 5.93. The molecule has 9 nitrogen and oxygen atoms in total. The third kappa shape index (κ3) is 5.28. The predicted octanol–water partition coefficient (Wildman–Crippen LogP) is 4.46. The summed E-state index contributed by atoms with van der Waals surface area (Å²) in [5, 5.41) is 26.2. The van der Waals surface area contributed by atoms with Crippen LogP contribution in [-0.2, 0) is 6.54 Å². The van der Waals surface area contributed by atoms with E-state index in [-0.39, 0.29) is 17.9 Å². The van der Waals surface area contributed by atoms with Gasteiger partial charge in [0.2, 0.25) is 11.9 Å². The molecule has 0 spiro atoms. The first-order chi connectivity index (χ1) is 19.1. The molecular weight excluding hydrogens is 488 g/mol. The Bertz CT molecular complexity index is 1600. The van der Waals surface area contributed by atoms with E-state index in [1.165, 1.54) is 0 Å². The topological polar surface area (TPSA) is 112 Å². The van der Waals surface area contributed by atoms with Crippen molar-refractivity contribution in [3.63, 3.8) is 0 Å². The van der Waals surface area contributed by atoms with Gasteiger partial charge < -0.3 is 21.1 Å². The quantitative estimate of drug-likeness (QED) is 0.236. The lowest BCUT2D eigenvalue weighted by atomic mass is 9.95. The Balaban J connectivity index is 1.29. The molecule has 1 aliphatic heterocycles. The minimum Gasteiger partial charge on any atom is -0.391 e. The van der Waals surface area contributed by atoms with Crippen LogP contribution in [0.5, 0.6) is 0 Å². The van der Waals surface area contributed by atoms with Gasteiger partial charge in [0.25, 0.3) is 0 Å². The summed E-state index contributed by atoms with van der Waals surface area (Å²) in [6, 6.07) is 20.6. The summed E-state index contributed by atoms with van der Waals surface area (Å²) in [6.45, 7) is 6.95. The van der Waals surface area contributed by atoms with Crippen LogP contribution < -0.4 is 16.0 Å². The van der Waals surface area contributed by atoms with Crippen molar-refractivity contribution in [2.75, 3.05) is 30.3 Å². The number of aliphatic hydroxyl groups excluding tert-OH is 1. The molecule has 3 aromatic heterocycles. The van der Waals surface area contributed by atoms with Gasteiger partial charge in [0, 0.05) is 42.1 Å². The minimum atomic E-state index is -0.381. The van der Waals surface area contributed by atoms with Gasteiger partial charge in [0.05, 0.1) is 23.5 Å². The minimum absolute atomic E-state index is 0.151. The molecule has 4 N–H and O–H groups in total. The lowest BCUT2D eigenvalue weighted by molar-refractivity contribution is 0.0883. The van der Waals surface area contributed by atoms with Gasteiger partial charge in [0.15, 0.2) is 5.65 Å². The highest BCUT2D eigenvalue weighted by Gasteiger charge is 2.23. The average Bonchev–Trinajstić information content (AvgIpc) is 3.40. The number of nitrogens with zero attached hydrogens (tertiary/aromatic N) is 5. The lowest BCUT2D eigenvalue weighted by Gasteiger charge is -2.28. The Morgan fingerprint density at radius 1 is 1.00 bits per heavy atom. The Morgan fingerprint density at radius 2 is 1.85 bits per heavy atom. The second-order valence-electron chi connectivity index (χ2n) is 10.5. The molecule has 1 saturated heterocycles. The number of hydrogen-bond acceptors (Lipinski definition) is 8. The third-order valence-electron chi connectivity index (χ3n) is 7.46. The molecule has 9 heteroatoms. The number of pyridine rings is 1. The fourth-order valence-corrected chi connectivity index (χ4v) is 5.17. The summed E-state index contributed by atoms with van der Waals surface area (Å²) in [4.78, 5) is 14.5. The molecule has 200 valence electrons. The maximum Gasteiger partial charge on any atom is 0.229 e. The van der Waals surface area contributed by atoms with E-state index in [0.717, 1.165) is 51.9 Å². The van der Waals surface area contributed by atoms with Crippen LogP contribution in [0.25, 0.3) is 27.8 Å². The van der Waals surface area contributed by atoms with E-state index in [4.69, 9.17) is 15.0 Å². The Hall–Kier alpha value is -4.08. The van der Waals surface area contributed by atoms with E-state index in [2.05, 4.69) is 65.2 Å². The van der Waals surface area contributed by atoms with Crippen LogP contribution in [0.15, 0.2) is 66.9 Å². The highest BCUT2D eigenvalue weighted by Crippen LogP contribution is 2.26. The number of para-hydroxylation sites is 1. The highest BCUT2D eigenvalue weighted by atomic mass is 16.3. The zero-order valence-corrected chi connectivity index (χ0v) is 22.3. The first-order valence-corrected chi connectivity index (χ1v) is 13.6. The van der Waals surface area contributed by atoms with Crippen molar-refractivity contribution in [1.29, 1.82) is 0 Å². The molecule has 0 amide bonds. The van der Waals surface area contributed by atoms with E-state index < -0.39 is 0 Å². The van der Waals surface area contributed by atoms with Gasteiger partial charge in [-0.25, -0.2) is 4.98 Å². The number of aromatic nitrogens is 5. The molecule has 0 saturated carbocycles. The van der Waals surface area contributed by atoms with Gasteiger partial charge in [-0.1, -0.05) is 62.4 Å². The SMILES string of the molecule is CC(C)c1cnn2c(NCc3ccccc3-c3ccc4ccccc4n3)nc(NCC3CCNCC3O)nc12. The lowest BCUT2D eigenvalue weighted by Crippen LogP contribution is -2.43. The predicted molar refractivity (Wildman–Crippen MR) is 155 cm³/mol.